The van der Waals surface area contributed by atoms with Crippen molar-refractivity contribution < 1.29 is 4.79 Å². The third-order valence-corrected chi connectivity index (χ3v) is 5.09. The van der Waals surface area contributed by atoms with Gasteiger partial charge >= 0.3 is 0 Å². The molecule has 0 saturated carbocycles. The molecule has 0 aliphatic heterocycles. The van der Waals surface area contributed by atoms with Crippen molar-refractivity contribution >= 4 is 39.4 Å². The highest BCUT2D eigenvalue weighted by molar-refractivity contribution is 9.10. The van der Waals surface area contributed by atoms with Crippen LogP contribution >= 0.6 is 27.7 Å². The maximum atomic E-state index is 12.1. The number of rotatable bonds is 5. The molecular weight excluding hydrogens is 402 g/mol. The van der Waals surface area contributed by atoms with Crippen LogP contribution in [0.3, 0.4) is 0 Å². The van der Waals surface area contributed by atoms with Crippen LogP contribution in [0.5, 0.6) is 0 Å². The van der Waals surface area contributed by atoms with Gasteiger partial charge in [-0.05, 0) is 30.7 Å². The first-order chi connectivity index (χ1) is 12.0. The quantitative estimate of drug-likeness (QED) is 0.640. The number of carbonyl (C=O) groups is 1. The third-order valence-electron chi connectivity index (χ3n) is 3.54. The Balaban J connectivity index is 1.65. The maximum Gasteiger partial charge on any atom is 0.236 e. The van der Waals surface area contributed by atoms with Crippen LogP contribution in [0.2, 0.25) is 0 Å². The zero-order valence-electron chi connectivity index (χ0n) is 13.7. The predicted molar refractivity (Wildman–Crippen MR) is 102 cm³/mol. The Morgan fingerprint density at radius 2 is 2.00 bits per heavy atom. The monoisotopic (exact) mass is 417 g/mol. The Bertz CT molecular complexity index is 894. The van der Waals surface area contributed by atoms with Crippen LogP contribution in [0.15, 0.2) is 52.2 Å². The van der Waals surface area contributed by atoms with Crippen molar-refractivity contribution in [1.29, 1.82) is 0 Å². The summed E-state index contributed by atoms with van der Waals surface area (Å²) >= 11 is 4.76. The number of hydrogen-bond donors (Lipinski definition) is 1. The Morgan fingerprint density at radius 1 is 1.24 bits per heavy atom. The lowest BCUT2D eigenvalue weighted by atomic mass is 10.2. The highest BCUT2D eigenvalue weighted by Gasteiger charge is 2.13. The van der Waals surface area contributed by atoms with E-state index in [1.54, 1.807) is 6.20 Å². The van der Waals surface area contributed by atoms with Gasteiger partial charge in [0.1, 0.15) is 5.82 Å². The molecule has 2 heterocycles. The van der Waals surface area contributed by atoms with Crippen LogP contribution in [-0.2, 0) is 11.8 Å². The van der Waals surface area contributed by atoms with Gasteiger partial charge in [0.25, 0.3) is 0 Å². The van der Waals surface area contributed by atoms with Gasteiger partial charge < -0.3 is 9.88 Å². The van der Waals surface area contributed by atoms with Crippen LogP contribution in [-0.4, -0.2) is 31.4 Å². The molecule has 8 heteroatoms. The summed E-state index contributed by atoms with van der Waals surface area (Å²) in [5, 5.41) is 11.9. The zero-order chi connectivity index (χ0) is 17.8. The second kappa shape index (κ2) is 7.79. The lowest BCUT2D eigenvalue weighted by Crippen LogP contribution is -2.16. The van der Waals surface area contributed by atoms with E-state index in [9.17, 15) is 4.79 Å². The van der Waals surface area contributed by atoms with Crippen molar-refractivity contribution in [1.82, 2.24) is 19.7 Å². The number of anilines is 1. The summed E-state index contributed by atoms with van der Waals surface area (Å²) in [5.74, 6) is 1.46. The average molecular weight is 418 g/mol. The first-order valence-electron chi connectivity index (χ1n) is 7.54. The molecule has 128 valence electrons. The molecule has 0 saturated heterocycles. The van der Waals surface area contributed by atoms with Crippen LogP contribution in [0, 0.1) is 6.92 Å². The number of carbonyl (C=O) groups excluding carboxylic acids is 1. The van der Waals surface area contributed by atoms with E-state index >= 15 is 0 Å². The number of pyridine rings is 1. The molecule has 0 fully saturated rings. The molecule has 1 aromatic carbocycles. The minimum Gasteiger partial charge on any atom is -0.310 e. The fourth-order valence-electron chi connectivity index (χ4n) is 2.21. The molecule has 0 radical (unpaired) electrons. The molecule has 3 rings (SSSR count). The Hall–Kier alpha value is -2.19. The maximum absolute atomic E-state index is 12.1. The minimum absolute atomic E-state index is 0.125. The van der Waals surface area contributed by atoms with Gasteiger partial charge in [-0.2, -0.15) is 0 Å². The largest absolute Gasteiger partial charge is 0.310 e. The molecular formula is C17H16BrN5OS. The van der Waals surface area contributed by atoms with Crippen LogP contribution < -0.4 is 5.32 Å². The van der Waals surface area contributed by atoms with E-state index in [0.29, 0.717) is 11.0 Å². The number of aryl methyl sites for hydroxylation is 1. The summed E-state index contributed by atoms with van der Waals surface area (Å²) < 4.78 is 2.89. The number of nitrogens with zero attached hydrogens (tertiary/aromatic N) is 4. The number of benzene rings is 1. The number of nitrogens with one attached hydrogen (secondary N) is 1. The molecule has 6 nitrogen and oxygen atoms in total. The minimum atomic E-state index is -0.125. The topological polar surface area (TPSA) is 72.7 Å². The van der Waals surface area contributed by atoms with Crippen molar-refractivity contribution in [3.05, 3.63) is 52.6 Å². The van der Waals surface area contributed by atoms with Crippen LogP contribution in [0.1, 0.15) is 5.56 Å². The molecule has 0 atom stereocenters. The number of amides is 1. The van der Waals surface area contributed by atoms with E-state index in [-0.39, 0.29) is 11.7 Å². The van der Waals surface area contributed by atoms with Crippen molar-refractivity contribution in [2.24, 2.45) is 7.05 Å². The molecule has 0 aliphatic carbocycles. The first kappa shape index (κ1) is 17.6. The summed E-state index contributed by atoms with van der Waals surface area (Å²) in [7, 11) is 1.89. The molecule has 1 N–H and O–H groups in total. The SMILES string of the molecule is Cc1cccnc1NC(=O)CSc1nnc(-c2ccc(Br)cc2)n1C. The van der Waals surface area contributed by atoms with E-state index in [2.05, 4.69) is 36.4 Å². The summed E-state index contributed by atoms with van der Waals surface area (Å²) in [5.41, 5.74) is 1.90. The van der Waals surface area contributed by atoms with Crippen molar-refractivity contribution in [3.8, 4) is 11.4 Å². The summed E-state index contributed by atoms with van der Waals surface area (Å²) in [4.78, 5) is 16.3. The van der Waals surface area contributed by atoms with Crippen molar-refractivity contribution in [2.75, 3.05) is 11.1 Å². The smallest absolute Gasteiger partial charge is 0.236 e. The van der Waals surface area contributed by atoms with Crippen molar-refractivity contribution in [2.45, 2.75) is 12.1 Å². The molecule has 0 spiro atoms. The summed E-state index contributed by atoms with van der Waals surface area (Å²) in [6.45, 7) is 1.91. The number of halogens is 1. The standard InChI is InChI=1S/C17H16BrN5OS/c1-11-4-3-9-19-15(11)20-14(24)10-25-17-22-21-16(23(17)2)12-5-7-13(18)8-6-12/h3-9H,10H2,1-2H3,(H,19,20,24). The van der Waals surface area contributed by atoms with Crippen LogP contribution in [0.25, 0.3) is 11.4 Å². The van der Waals surface area contributed by atoms with Gasteiger partial charge in [0.2, 0.25) is 5.91 Å². The van der Waals surface area contributed by atoms with E-state index < -0.39 is 0 Å². The zero-order valence-corrected chi connectivity index (χ0v) is 16.1. The molecule has 0 bridgehead atoms. The lowest BCUT2D eigenvalue weighted by Gasteiger charge is -2.07. The van der Waals surface area contributed by atoms with E-state index in [1.165, 1.54) is 11.8 Å². The highest BCUT2D eigenvalue weighted by atomic mass is 79.9. The molecule has 3 aromatic rings. The van der Waals surface area contributed by atoms with Gasteiger partial charge in [-0.1, -0.05) is 45.9 Å². The number of aromatic nitrogens is 4. The molecule has 2 aromatic heterocycles. The third kappa shape index (κ3) is 4.26. The second-order valence-electron chi connectivity index (χ2n) is 5.38. The van der Waals surface area contributed by atoms with Gasteiger partial charge in [-0.25, -0.2) is 4.98 Å². The molecule has 25 heavy (non-hydrogen) atoms. The van der Waals surface area contributed by atoms with Gasteiger partial charge in [0.05, 0.1) is 5.75 Å². The van der Waals surface area contributed by atoms with Gasteiger partial charge in [0.15, 0.2) is 11.0 Å². The van der Waals surface area contributed by atoms with E-state index in [4.69, 9.17) is 0 Å². The van der Waals surface area contributed by atoms with Crippen LogP contribution in [0.4, 0.5) is 5.82 Å². The van der Waals surface area contributed by atoms with E-state index in [0.717, 1.165) is 21.4 Å². The first-order valence-corrected chi connectivity index (χ1v) is 9.32. The molecule has 0 unspecified atom stereocenters. The molecule has 0 aliphatic rings. The number of hydrogen-bond acceptors (Lipinski definition) is 5. The number of thioether (sulfide) groups is 1. The Labute approximate surface area is 158 Å². The Morgan fingerprint density at radius 3 is 2.72 bits per heavy atom. The lowest BCUT2D eigenvalue weighted by molar-refractivity contribution is -0.113. The van der Waals surface area contributed by atoms with Gasteiger partial charge in [-0.3, -0.25) is 4.79 Å². The highest BCUT2D eigenvalue weighted by Crippen LogP contribution is 2.24. The molecule has 1 amide bonds. The Kier molecular flexibility index (Phi) is 5.50. The fourth-order valence-corrected chi connectivity index (χ4v) is 3.18. The average Bonchev–Trinajstić information content (AvgIpc) is 2.97. The fraction of sp³-hybridized carbons (Fsp3) is 0.176. The van der Waals surface area contributed by atoms with Gasteiger partial charge in [0, 0.05) is 23.3 Å². The van der Waals surface area contributed by atoms with Gasteiger partial charge in [-0.15, -0.1) is 10.2 Å². The van der Waals surface area contributed by atoms with Crippen molar-refractivity contribution in [3.63, 3.8) is 0 Å². The second-order valence-corrected chi connectivity index (χ2v) is 7.24. The summed E-state index contributed by atoms with van der Waals surface area (Å²) in [6, 6.07) is 11.6. The van der Waals surface area contributed by atoms with E-state index in [1.807, 2.05) is 54.9 Å². The summed E-state index contributed by atoms with van der Waals surface area (Å²) in [6.07, 6.45) is 1.66. The predicted octanol–water partition coefficient (Wildman–Crippen LogP) is 3.68. The normalized spacial score (nSPS) is 10.7.